The molecule has 1 aliphatic rings. The second-order valence-corrected chi connectivity index (χ2v) is 8.29. The number of carbonyl (C=O) groups excluding carboxylic acids is 1. The van der Waals surface area contributed by atoms with Crippen LogP contribution in [0.1, 0.15) is 34.4 Å². The lowest BCUT2D eigenvalue weighted by molar-refractivity contribution is -0.112. The highest BCUT2D eigenvalue weighted by Crippen LogP contribution is 2.37. The molecule has 1 aromatic carbocycles. The fourth-order valence-corrected chi connectivity index (χ4v) is 4.85. The van der Waals surface area contributed by atoms with E-state index in [2.05, 4.69) is 33.2 Å². The van der Waals surface area contributed by atoms with Gasteiger partial charge in [0.2, 0.25) is 0 Å². The van der Waals surface area contributed by atoms with Gasteiger partial charge in [-0.2, -0.15) is 10.5 Å². The van der Waals surface area contributed by atoms with Gasteiger partial charge in [0.1, 0.15) is 35.1 Å². The minimum Gasteiger partial charge on any atom is -0.480 e. The third kappa shape index (κ3) is 4.69. The maximum absolute atomic E-state index is 12.7. The highest BCUT2D eigenvalue weighted by molar-refractivity contribution is 9.10. The molecule has 7 heteroatoms. The zero-order chi connectivity index (χ0) is 20.8. The number of amides is 1. The SMILES string of the molecule is C#CCOc1ccc(/C=C(\C#N)C(=O)Nc2sc3c(c2C#N)CCCC3)cc1Br. The predicted molar refractivity (Wildman–Crippen MR) is 116 cm³/mol. The number of nitriles is 2. The van der Waals surface area contributed by atoms with E-state index in [0.29, 0.717) is 26.4 Å². The summed E-state index contributed by atoms with van der Waals surface area (Å²) in [5.74, 6) is 2.43. The zero-order valence-electron chi connectivity index (χ0n) is 15.4. The summed E-state index contributed by atoms with van der Waals surface area (Å²) in [5.41, 5.74) is 2.16. The monoisotopic (exact) mass is 465 g/mol. The molecule has 0 bridgehead atoms. The van der Waals surface area contributed by atoms with Crippen LogP contribution in [0.2, 0.25) is 0 Å². The minimum absolute atomic E-state index is 0.0514. The van der Waals surface area contributed by atoms with Crippen LogP contribution in [-0.2, 0) is 17.6 Å². The van der Waals surface area contributed by atoms with Crippen molar-refractivity contribution in [2.45, 2.75) is 25.7 Å². The van der Waals surface area contributed by atoms with Crippen molar-refractivity contribution in [3.8, 4) is 30.2 Å². The number of halogens is 1. The molecule has 0 radical (unpaired) electrons. The van der Waals surface area contributed by atoms with Crippen molar-refractivity contribution >= 4 is 44.3 Å². The number of nitrogens with zero attached hydrogens (tertiary/aromatic N) is 2. The lowest BCUT2D eigenvalue weighted by Crippen LogP contribution is -2.13. The highest BCUT2D eigenvalue weighted by atomic mass is 79.9. The van der Waals surface area contributed by atoms with Crippen molar-refractivity contribution in [3.63, 3.8) is 0 Å². The van der Waals surface area contributed by atoms with Gasteiger partial charge in [-0.3, -0.25) is 4.79 Å². The van der Waals surface area contributed by atoms with Crippen LogP contribution in [0, 0.1) is 35.0 Å². The Hall–Kier alpha value is -3.05. The molecule has 1 aliphatic carbocycles. The van der Waals surface area contributed by atoms with Crippen LogP contribution in [0.5, 0.6) is 5.75 Å². The molecule has 1 aromatic heterocycles. The summed E-state index contributed by atoms with van der Waals surface area (Å²) in [5, 5.41) is 22.3. The third-order valence-electron chi connectivity index (χ3n) is 4.45. The van der Waals surface area contributed by atoms with E-state index in [1.807, 2.05) is 6.07 Å². The highest BCUT2D eigenvalue weighted by Gasteiger charge is 2.22. The fraction of sp³-hybridized carbons (Fsp3) is 0.227. The molecule has 1 heterocycles. The Kier molecular flexibility index (Phi) is 6.73. The molecule has 144 valence electrons. The van der Waals surface area contributed by atoms with Gasteiger partial charge in [-0.15, -0.1) is 17.8 Å². The summed E-state index contributed by atoms with van der Waals surface area (Å²) < 4.78 is 6.05. The second kappa shape index (κ2) is 9.43. The number of rotatable bonds is 5. The molecule has 0 aliphatic heterocycles. The van der Waals surface area contributed by atoms with E-state index in [0.717, 1.165) is 36.1 Å². The first-order valence-electron chi connectivity index (χ1n) is 8.91. The van der Waals surface area contributed by atoms with Crippen LogP contribution in [0.3, 0.4) is 0 Å². The van der Waals surface area contributed by atoms with Crippen LogP contribution in [0.15, 0.2) is 28.2 Å². The fourth-order valence-electron chi connectivity index (χ4n) is 3.10. The summed E-state index contributed by atoms with van der Waals surface area (Å²) in [6, 6.07) is 9.32. The lowest BCUT2D eigenvalue weighted by Gasteiger charge is -2.09. The lowest BCUT2D eigenvalue weighted by atomic mass is 9.96. The first-order chi connectivity index (χ1) is 14.1. The van der Waals surface area contributed by atoms with Gasteiger partial charge in [0.15, 0.2) is 0 Å². The van der Waals surface area contributed by atoms with Gasteiger partial charge in [0, 0.05) is 4.88 Å². The molecule has 0 fully saturated rings. The average molecular weight is 466 g/mol. The van der Waals surface area contributed by atoms with E-state index >= 15 is 0 Å². The number of benzene rings is 1. The number of terminal acetylenes is 1. The van der Waals surface area contributed by atoms with Gasteiger partial charge in [0.25, 0.3) is 5.91 Å². The first kappa shape index (κ1) is 20.7. The topological polar surface area (TPSA) is 85.9 Å². The standard InChI is InChI=1S/C22H16BrN3O2S/c1-2-9-28-19-8-7-14(11-18(19)23)10-15(12-24)21(27)26-22-17(13-25)16-5-3-4-6-20(16)29-22/h1,7-8,10-11H,3-6,9H2,(H,26,27)/b15-10+. The summed E-state index contributed by atoms with van der Waals surface area (Å²) in [6.07, 6.45) is 10.6. The number of carbonyl (C=O) groups is 1. The van der Waals surface area contributed by atoms with Crippen molar-refractivity contribution < 1.29 is 9.53 Å². The largest absolute Gasteiger partial charge is 0.480 e. The van der Waals surface area contributed by atoms with Gasteiger partial charge in [-0.05, 0) is 70.9 Å². The predicted octanol–water partition coefficient (Wildman–Crippen LogP) is 4.82. The van der Waals surface area contributed by atoms with Crippen molar-refractivity contribution in [1.29, 1.82) is 10.5 Å². The van der Waals surface area contributed by atoms with Crippen molar-refractivity contribution in [3.05, 3.63) is 49.8 Å². The Morgan fingerprint density at radius 1 is 1.34 bits per heavy atom. The van der Waals surface area contributed by atoms with E-state index in [9.17, 15) is 15.3 Å². The van der Waals surface area contributed by atoms with E-state index in [1.54, 1.807) is 18.2 Å². The number of anilines is 1. The van der Waals surface area contributed by atoms with Gasteiger partial charge in [-0.1, -0.05) is 12.0 Å². The normalized spacial score (nSPS) is 12.8. The Morgan fingerprint density at radius 3 is 2.83 bits per heavy atom. The number of hydrogen-bond donors (Lipinski definition) is 1. The Morgan fingerprint density at radius 2 is 2.14 bits per heavy atom. The van der Waals surface area contributed by atoms with Gasteiger partial charge < -0.3 is 10.1 Å². The third-order valence-corrected chi connectivity index (χ3v) is 6.28. The van der Waals surface area contributed by atoms with Gasteiger partial charge >= 0.3 is 0 Å². The van der Waals surface area contributed by atoms with Crippen LogP contribution in [0.4, 0.5) is 5.00 Å². The van der Waals surface area contributed by atoms with Crippen LogP contribution in [-0.4, -0.2) is 12.5 Å². The maximum Gasteiger partial charge on any atom is 0.266 e. The molecule has 29 heavy (non-hydrogen) atoms. The number of thiophene rings is 1. The van der Waals surface area contributed by atoms with Gasteiger partial charge in [-0.25, -0.2) is 0 Å². The number of hydrogen-bond acceptors (Lipinski definition) is 5. The Bertz CT molecular complexity index is 1110. The molecule has 3 rings (SSSR count). The van der Waals surface area contributed by atoms with Crippen LogP contribution >= 0.6 is 27.3 Å². The smallest absolute Gasteiger partial charge is 0.266 e. The van der Waals surface area contributed by atoms with E-state index < -0.39 is 5.91 Å². The number of nitrogens with one attached hydrogen (secondary N) is 1. The quantitative estimate of drug-likeness (QED) is 0.389. The molecule has 0 saturated carbocycles. The molecule has 1 amide bonds. The molecular weight excluding hydrogens is 450 g/mol. The summed E-state index contributed by atoms with van der Waals surface area (Å²) in [4.78, 5) is 13.8. The first-order valence-corrected chi connectivity index (χ1v) is 10.5. The van der Waals surface area contributed by atoms with Crippen LogP contribution in [0.25, 0.3) is 6.08 Å². The molecule has 1 N–H and O–H groups in total. The van der Waals surface area contributed by atoms with Crippen molar-refractivity contribution in [2.24, 2.45) is 0 Å². The molecule has 2 aromatic rings. The zero-order valence-corrected chi connectivity index (χ0v) is 17.8. The molecular formula is C22H16BrN3O2S. The van der Waals surface area contributed by atoms with Gasteiger partial charge in [0.05, 0.1) is 10.0 Å². The Balaban J connectivity index is 1.82. The maximum atomic E-state index is 12.7. The van der Waals surface area contributed by atoms with Crippen molar-refractivity contribution in [1.82, 2.24) is 0 Å². The van der Waals surface area contributed by atoms with Crippen LogP contribution < -0.4 is 10.1 Å². The second-order valence-electron chi connectivity index (χ2n) is 6.33. The van der Waals surface area contributed by atoms with Crippen molar-refractivity contribution in [2.75, 3.05) is 11.9 Å². The Labute approximate surface area is 181 Å². The number of ether oxygens (including phenoxy) is 1. The molecule has 5 nitrogen and oxygen atoms in total. The van der Waals surface area contributed by atoms with E-state index in [-0.39, 0.29) is 12.2 Å². The number of aryl methyl sites for hydroxylation is 1. The molecule has 0 unspecified atom stereocenters. The molecule has 0 atom stereocenters. The molecule has 0 saturated heterocycles. The summed E-state index contributed by atoms with van der Waals surface area (Å²) in [6.45, 7) is 0.144. The number of fused-ring (bicyclic) bond motifs is 1. The molecule has 0 spiro atoms. The summed E-state index contributed by atoms with van der Waals surface area (Å²) >= 11 is 4.82. The average Bonchev–Trinajstić information content (AvgIpc) is 3.08. The van der Waals surface area contributed by atoms with E-state index in [1.165, 1.54) is 17.4 Å². The minimum atomic E-state index is -0.536. The summed E-state index contributed by atoms with van der Waals surface area (Å²) in [7, 11) is 0. The van der Waals surface area contributed by atoms with E-state index in [4.69, 9.17) is 11.2 Å².